The quantitative estimate of drug-likeness (QED) is 0.789. The summed E-state index contributed by atoms with van der Waals surface area (Å²) in [5.74, 6) is -0.210. The number of nitrogen functional groups attached to an aromatic ring is 1. The highest BCUT2D eigenvalue weighted by molar-refractivity contribution is 7.13. The van der Waals surface area contributed by atoms with Gasteiger partial charge in [0.05, 0.1) is 12.1 Å². The molecular weight excluding hydrogens is 288 g/mol. The molecular formula is C14H16N4O2S. The van der Waals surface area contributed by atoms with Crippen molar-refractivity contribution in [3.63, 3.8) is 0 Å². The smallest absolute Gasteiger partial charge is 0.230 e. The van der Waals surface area contributed by atoms with Gasteiger partial charge in [-0.05, 0) is 24.3 Å². The van der Waals surface area contributed by atoms with E-state index in [0.717, 1.165) is 0 Å². The molecule has 0 saturated carbocycles. The molecule has 0 aliphatic rings. The van der Waals surface area contributed by atoms with Crippen LogP contribution in [-0.2, 0) is 16.0 Å². The van der Waals surface area contributed by atoms with Crippen LogP contribution in [0.4, 0.5) is 16.5 Å². The van der Waals surface area contributed by atoms with Crippen LogP contribution in [0, 0.1) is 0 Å². The summed E-state index contributed by atoms with van der Waals surface area (Å²) in [6.07, 6.45) is 0.608. The first-order valence-corrected chi connectivity index (χ1v) is 7.34. The highest BCUT2D eigenvalue weighted by Crippen LogP contribution is 2.15. The molecule has 0 bridgehead atoms. The molecule has 0 aliphatic heterocycles. The topological polar surface area (TPSA) is 97.1 Å². The van der Waals surface area contributed by atoms with Crippen molar-refractivity contribution in [3.8, 4) is 0 Å². The normalized spacial score (nSPS) is 10.1. The van der Waals surface area contributed by atoms with Crippen LogP contribution in [0.15, 0.2) is 29.6 Å². The number of carbonyl (C=O) groups is 2. The molecule has 1 aromatic carbocycles. The van der Waals surface area contributed by atoms with E-state index >= 15 is 0 Å². The van der Waals surface area contributed by atoms with Crippen molar-refractivity contribution in [1.29, 1.82) is 0 Å². The number of hydrogen-bond donors (Lipinski definition) is 3. The van der Waals surface area contributed by atoms with Gasteiger partial charge in [0.25, 0.3) is 0 Å². The third-order valence-corrected chi connectivity index (χ3v) is 3.41. The molecule has 6 nitrogen and oxygen atoms in total. The molecule has 1 aromatic heterocycles. The molecule has 2 aromatic rings. The van der Waals surface area contributed by atoms with Crippen LogP contribution in [0.2, 0.25) is 0 Å². The number of rotatable bonds is 5. The summed E-state index contributed by atoms with van der Waals surface area (Å²) in [6, 6.07) is 6.95. The maximum atomic E-state index is 11.8. The lowest BCUT2D eigenvalue weighted by molar-refractivity contribution is -0.116. The standard InChI is InChI=1S/C14H16N4O2S/c1-2-12(19)16-9-3-5-10(6-4-9)17-13(20)7-11-8-21-14(15)18-11/h3-6,8H,2,7H2,1H3,(H2,15,18)(H,16,19)(H,17,20). The third kappa shape index (κ3) is 4.57. The third-order valence-electron chi connectivity index (χ3n) is 2.68. The molecule has 0 radical (unpaired) electrons. The van der Waals surface area contributed by atoms with Gasteiger partial charge in [-0.3, -0.25) is 9.59 Å². The molecule has 0 spiro atoms. The van der Waals surface area contributed by atoms with Crippen molar-refractivity contribution in [2.45, 2.75) is 19.8 Å². The first-order valence-electron chi connectivity index (χ1n) is 6.46. The molecule has 21 heavy (non-hydrogen) atoms. The fraction of sp³-hybridized carbons (Fsp3) is 0.214. The van der Waals surface area contributed by atoms with Crippen LogP contribution >= 0.6 is 11.3 Å². The summed E-state index contributed by atoms with van der Waals surface area (Å²) in [6.45, 7) is 1.79. The van der Waals surface area contributed by atoms with Crippen LogP contribution in [0.3, 0.4) is 0 Å². The number of amides is 2. The highest BCUT2D eigenvalue weighted by atomic mass is 32.1. The lowest BCUT2D eigenvalue weighted by Gasteiger charge is -2.07. The zero-order valence-corrected chi connectivity index (χ0v) is 12.4. The van der Waals surface area contributed by atoms with Gasteiger partial charge >= 0.3 is 0 Å². The fourth-order valence-electron chi connectivity index (χ4n) is 1.66. The van der Waals surface area contributed by atoms with Gasteiger partial charge in [0.15, 0.2) is 5.13 Å². The Morgan fingerprint density at radius 3 is 2.19 bits per heavy atom. The van der Waals surface area contributed by atoms with E-state index < -0.39 is 0 Å². The maximum Gasteiger partial charge on any atom is 0.230 e. The van der Waals surface area contributed by atoms with E-state index in [4.69, 9.17) is 5.73 Å². The van der Waals surface area contributed by atoms with Crippen molar-refractivity contribution in [3.05, 3.63) is 35.3 Å². The van der Waals surface area contributed by atoms with Gasteiger partial charge in [-0.25, -0.2) is 4.98 Å². The van der Waals surface area contributed by atoms with E-state index in [9.17, 15) is 9.59 Å². The number of nitrogens with one attached hydrogen (secondary N) is 2. The number of benzene rings is 1. The van der Waals surface area contributed by atoms with Crippen LogP contribution in [0.25, 0.3) is 0 Å². The van der Waals surface area contributed by atoms with E-state index in [1.165, 1.54) is 11.3 Å². The van der Waals surface area contributed by atoms with Crippen LogP contribution in [-0.4, -0.2) is 16.8 Å². The molecule has 0 saturated heterocycles. The molecule has 2 rings (SSSR count). The number of hydrogen-bond acceptors (Lipinski definition) is 5. The van der Waals surface area contributed by atoms with Gasteiger partial charge in [-0.2, -0.15) is 0 Å². The van der Waals surface area contributed by atoms with Gasteiger partial charge in [-0.15, -0.1) is 11.3 Å². The Bertz CT molecular complexity index is 637. The molecule has 110 valence electrons. The Kier molecular flexibility index (Phi) is 4.89. The Morgan fingerprint density at radius 1 is 1.14 bits per heavy atom. The maximum absolute atomic E-state index is 11.8. The monoisotopic (exact) mass is 304 g/mol. The van der Waals surface area contributed by atoms with Gasteiger partial charge in [-0.1, -0.05) is 6.92 Å². The lowest BCUT2D eigenvalue weighted by atomic mass is 10.2. The van der Waals surface area contributed by atoms with Crippen LogP contribution in [0.5, 0.6) is 0 Å². The SMILES string of the molecule is CCC(=O)Nc1ccc(NC(=O)Cc2csc(N)n2)cc1. The molecule has 0 unspecified atom stereocenters. The van der Waals surface area contributed by atoms with Crippen molar-refractivity contribution < 1.29 is 9.59 Å². The minimum absolute atomic E-state index is 0.0482. The first-order chi connectivity index (χ1) is 10.1. The predicted octanol–water partition coefficient (Wildman–Crippen LogP) is 2.25. The average Bonchev–Trinajstić information content (AvgIpc) is 2.86. The Balaban J connectivity index is 1.90. The van der Waals surface area contributed by atoms with Gasteiger partial charge in [0.1, 0.15) is 0 Å². The first kappa shape index (κ1) is 15.0. The van der Waals surface area contributed by atoms with Crippen LogP contribution in [0.1, 0.15) is 19.0 Å². The van der Waals surface area contributed by atoms with E-state index in [1.54, 1.807) is 36.6 Å². The molecule has 7 heteroatoms. The zero-order valence-electron chi connectivity index (χ0n) is 11.6. The highest BCUT2D eigenvalue weighted by Gasteiger charge is 2.07. The molecule has 2 amide bonds. The lowest BCUT2D eigenvalue weighted by Crippen LogP contribution is -2.15. The number of anilines is 3. The number of carbonyl (C=O) groups excluding carboxylic acids is 2. The predicted molar refractivity (Wildman–Crippen MR) is 84.2 cm³/mol. The van der Waals surface area contributed by atoms with Crippen molar-refractivity contribution in [2.75, 3.05) is 16.4 Å². The minimum Gasteiger partial charge on any atom is -0.375 e. The second-order valence-electron chi connectivity index (χ2n) is 4.38. The van der Waals surface area contributed by atoms with Gasteiger partial charge < -0.3 is 16.4 Å². The summed E-state index contributed by atoms with van der Waals surface area (Å²) < 4.78 is 0. The largest absolute Gasteiger partial charge is 0.375 e. The van der Waals surface area contributed by atoms with E-state index in [1.807, 2.05) is 0 Å². The van der Waals surface area contributed by atoms with Crippen molar-refractivity contribution >= 4 is 39.7 Å². The second kappa shape index (κ2) is 6.85. The number of thiazole rings is 1. The number of aromatic nitrogens is 1. The zero-order chi connectivity index (χ0) is 15.2. The van der Waals surface area contributed by atoms with E-state index in [0.29, 0.717) is 28.6 Å². The van der Waals surface area contributed by atoms with Crippen molar-refractivity contribution in [2.24, 2.45) is 0 Å². The van der Waals surface area contributed by atoms with E-state index in [2.05, 4.69) is 15.6 Å². The van der Waals surface area contributed by atoms with Gasteiger partial charge in [0.2, 0.25) is 11.8 Å². The summed E-state index contributed by atoms with van der Waals surface area (Å²) >= 11 is 1.31. The Labute approximate surface area is 126 Å². The van der Waals surface area contributed by atoms with Gasteiger partial charge in [0, 0.05) is 23.2 Å². The summed E-state index contributed by atoms with van der Waals surface area (Å²) in [7, 11) is 0. The van der Waals surface area contributed by atoms with E-state index in [-0.39, 0.29) is 18.2 Å². The number of nitrogens with zero attached hydrogens (tertiary/aromatic N) is 1. The Hall–Kier alpha value is -2.41. The summed E-state index contributed by atoms with van der Waals surface area (Å²) in [4.78, 5) is 27.1. The summed E-state index contributed by atoms with van der Waals surface area (Å²) in [5, 5.41) is 7.72. The molecule has 4 N–H and O–H groups in total. The average molecular weight is 304 g/mol. The minimum atomic E-state index is -0.161. The fourth-order valence-corrected chi connectivity index (χ4v) is 2.22. The molecule has 0 fully saturated rings. The Morgan fingerprint density at radius 2 is 1.71 bits per heavy atom. The molecule has 0 aliphatic carbocycles. The second-order valence-corrected chi connectivity index (χ2v) is 5.27. The number of nitrogens with two attached hydrogens (primary N) is 1. The molecule has 0 atom stereocenters. The summed E-state index contributed by atoms with van der Waals surface area (Å²) in [5.41, 5.74) is 7.54. The molecule has 1 heterocycles. The van der Waals surface area contributed by atoms with Crippen molar-refractivity contribution in [1.82, 2.24) is 4.98 Å². The van der Waals surface area contributed by atoms with Crippen LogP contribution < -0.4 is 16.4 Å².